The molecule has 1 aliphatic rings. The summed E-state index contributed by atoms with van der Waals surface area (Å²) in [5.74, 6) is -0.832. The second-order valence-electron chi connectivity index (χ2n) is 6.40. The molecule has 0 spiro atoms. The van der Waals surface area contributed by atoms with Gasteiger partial charge in [0.05, 0.1) is 42.0 Å². The molecule has 1 fully saturated rings. The summed E-state index contributed by atoms with van der Waals surface area (Å²) in [6.07, 6.45) is 3.78. The van der Waals surface area contributed by atoms with Crippen LogP contribution >= 0.6 is 22.9 Å². The highest BCUT2D eigenvalue weighted by Crippen LogP contribution is 2.45. The first-order valence-corrected chi connectivity index (χ1v) is 9.80. The van der Waals surface area contributed by atoms with Gasteiger partial charge in [-0.2, -0.15) is 0 Å². The van der Waals surface area contributed by atoms with Crippen LogP contribution in [0.4, 0.5) is 5.69 Å². The van der Waals surface area contributed by atoms with Crippen molar-refractivity contribution in [1.82, 2.24) is 9.55 Å². The first-order chi connectivity index (χ1) is 13.5. The number of carbonyl (C=O) groups excluding carboxylic acids is 1. The molecule has 0 bridgehead atoms. The number of imidazole rings is 1. The van der Waals surface area contributed by atoms with Gasteiger partial charge in [-0.25, -0.2) is 9.78 Å². The fourth-order valence-corrected chi connectivity index (χ4v) is 4.83. The molecule has 146 valence electrons. The Morgan fingerprint density at radius 2 is 2.32 bits per heavy atom. The van der Waals surface area contributed by atoms with E-state index >= 15 is 0 Å². The number of hydrogen-bond donors (Lipinski definition) is 0. The second-order valence-corrected chi connectivity index (χ2v) is 8.03. The minimum absolute atomic E-state index is 0.0264. The quantitative estimate of drug-likeness (QED) is 0.350. The van der Waals surface area contributed by atoms with Gasteiger partial charge in [-0.15, -0.1) is 11.3 Å². The van der Waals surface area contributed by atoms with Crippen molar-refractivity contribution in [2.75, 3.05) is 20.3 Å². The van der Waals surface area contributed by atoms with Gasteiger partial charge in [0.25, 0.3) is 0 Å². The second kappa shape index (κ2) is 7.50. The molecule has 0 amide bonds. The van der Waals surface area contributed by atoms with E-state index in [1.807, 2.05) is 6.07 Å². The summed E-state index contributed by atoms with van der Waals surface area (Å²) in [4.78, 5) is 27.7. The third kappa shape index (κ3) is 3.15. The van der Waals surface area contributed by atoms with Crippen LogP contribution < -0.4 is 0 Å². The number of rotatable bonds is 4. The number of nitro groups is 1. The van der Waals surface area contributed by atoms with E-state index in [1.165, 1.54) is 0 Å². The van der Waals surface area contributed by atoms with E-state index in [9.17, 15) is 14.9 Å². The molecule has 3 heterocycles. The lowest BCUT2D eigenvalue weighted by Crippen LogP contribution is -2.20. The number of esters is 1. The number of fused-ring (bicyclic) bond motifs is 1. The van der Waals surface area contributed by atoms with E-state index in [2.05, 4.69) is 14.3 Å². The van der Waals surface area contributed by atoms with Crippen molar-refractivity contribution in [3.8, 4) is 10.4 Å². The summed E-state index contributed by atoms with van der Waals surface area (Å²) in [6, 6.07) is 5.65. The topological polar surface area (TPSA) is 96.5 Å². The number of methoxy groups -OCH3 is 1. The van der Waals surface area contributed by atoms with E-state index < -0.39 is 10.9 Å². The maximum Gasteiger partial charge on any atom is 0.347 e. The molecule has 1 atom stereocenters. The Labute approximate surface area is 168 Å². The number of carbonyl (C=O) groups is 1. The van der Waals surface area contributed by atoms with Crippen molar-refractivity contribution in [1.29, 1.82) is 0 Å². The lowest BCUT2D eigenvalue weighted by Gasteiger charge is -2.23. The lowest BCUT2D eigenvalue weighted by atomic mass is 10.1. The highest BCUT2D eigenvalue weighted by molar-refractivity contribution is 7.20. The predicted molar refractivity (Wildman–Crippen MR) is 105 cm³/mol. The predicted octanol–water partition coefficient (Wildman–Crippen LogP) is 4.46. The van der Waals surface area contributed by atoms with Crippen molar-refractivity contribution >= 4 is 45.6 Å². The van der Waals surface area contributed by atoms with Crippen LogP contribution in [0.2, 0.25) is 4.34 Å². The third-order valence-electron chi connectivity index (χ3n) is 4.78. The Bertz CT molecular complexity index is 1070. The SMILES string of the molecule is COC(=O)c1c(Cl)sc(-c2ccc3c(c2)ncn3C2CCCOC2)c1[N+](=O)[O-]. The van der Waals surface area contributed by atoms with Gasteiger partial charge in [0.2, 0.25) is 0 Å². The summed E-state index contributed by atoms with van der Waals surface area (Å²) in [6.45, 7) is 1.42. The number of nitrogens with zero attached hydrogens (tertiary/aromatic N) is 3. The Morgan fingerprint density at radius 3 is 3.00 bits per heavy atom. The zero-order valence-electron chi connectivity index (χ0n) is 14.9. The van der Waals surface area contributed by atoms with Crippen molar-refractivity contribution in [2.45, 2.75) is 18.9 Å². The van der Waals surface area contributed by atoms with Crippen molar-refractivity contribution in [2.24, 2.45) is 0 Å². The fraction of sp³-hybridized carbons (Fsp3) is 0.333. The highest BCUT2D eigenvalue weighted by atomic mass is 35.5. The van der Waals surface area contributed by atoms with Gasteiger partial charge in [-0.05, 0) is 25.0 Å². The largest absolute Gasteiger partial charge is 0.465 e. The van der Waals surface area contributed by atoms with Crippen LogP contribution in [0.1, 0.15) is 29.2 Å². The molecular formula is C18H16ClN3O5S. The first kappa shape index (κ1) is 18.9. The van der Waals surface area contributed by atoms with E-state index in [4.69, 9.17) is 16.3 Å². The molecule has 4 rings (SSSR count). The Hall–Kier alpha value is -2.49. The van der Waals surface area contributed by atoms with Gasteiger partial charge >= 0.3 is 11.7 Å². The fourth-order valence-electron chi connectivity index (χ4n) is 3.45. The van der Waals surface area contributed by atoms with E-state index in [0.29, 0.717) is 22.6 Å². The number of thiophene rings is 1. The molecule has 0 radical (unpaired) electrons. The van der Waals surface area contributed by atoms with Crippen molar-refractivity contribution < 1.29 is 19.2 Å². The number of benzene rings is 1. The van der Waals surface area contributed by atoms with E-state index in [1.54, 1.807) is 18.5 Å². The molecule has 8 nitrogen and oxygen atoms in total. The maximum atomic E-state index is 12.0. The van der Waals surface area contributed by atoms with Gasteiger partial charge in [-0.1, -0.05) is 17.7 Å². The summed E-state index contributed by atoms with van der Waals surface area (Å²) >= 11 is 7.10. The lowest BCUT2D eigenvalue weighted by molar-refractivity contribution is -0.384. The van der Waals surface area contributed by atoms with Gasteiger partial charge in [0.1, 0.15) is 9.21 Å². The van der Waals surface area contributed by atoms with Crippen LogP contribution in [0.3, 0.4) is 0 Å². The Balaban J connectivity index is 1.80. The Morgan fingerprint density at radius 1 is 1.50 bits per heavy atom. The molecule has 0 saturated carbocycles. The molecule has 10 heteroatoms. The molecule has 1 unspecified atom stereocenters. The Kier molecular flexibility index (Phi) is 5.05. The van der Waals surface area contributed by atoms with Gasteiger partial charge in [-0.3, -0.25) is 10.1 Å². The molecule has 2 aromatic heterocycles. The molecule has 0 aliphatic carbocycles. The smallest absolute Gasteiger partial charge is 0.347 e. The number of halogens is 1. The van der Waals surface area contributed by atoms with Crippen molar-refractivity contribution in [3.63, 3.8) is 0 Å². The monoisotopic (exact) mass is 421 g/mol. The van der Waals surface area contributed by atoms with Crippen LogP contribution in [0, 0.1) is 10.1 Å². The number of ether oxygens (including phenoxy) is 2. The first-order valence-electron chi connectivity index (χ1n) is 8.61. The van der Waals surface area contributed by atoms with Gasteiger partial charge < -0.3 is 14.0 Å². The molecular weight excluding hydrogens is 406 g/mol. The third-order valence-corrected chi connectivity index (χ3v) is 6.22. The van der Waals surface area contributed by atoms with Crippen molar-refractivity contribution in [3.05, 3.63) is 44.5 Å². The summed E-state index contributed by atoms with van der Waals surface area (Å²) in [5.41, 5.74) is 1.64. The number of hydrogen-bond acceptors (Lipinski definition) is 7. The standard InChI is InChI=1S/C18H16ClN3O5S/c1-26-18(23)14-15(22(24)25)16(28-17(14)19)10-4-5-13-12(7-10)20-9-21(13)11-3-2-6-27-8-11/h4-5,7,9,11H,2-3,6,8H2,1H3. The molecule has 1 aromatic carbocycles. The molecule has 28 heavy (non-hydrogen) atoms. The molecule has 3 aromatic rings. The normalized spacial score (nSPS) is 17.0. The van der Waals surface area contributed by atoms with Gasteiger partial charge in [0.15, 0.2) is 5.56 Å². The highest BCUT2D eigenvalue weighted by Gasteiger charge is 2.33. The summed E-state index contributed by atoms with van der Waals surface area (Å²) in [5, 5.41) is 11.6. The van der Waals surface area contributed by atoms with E-state index in [0.717, 1.165) is 43.4 Å². The number of aromatic nitrogens is 2. The summed E-state index contributed by atoms with van der Waals surface area (Å²) < 4.78 is 12.3. The van der Waals surface area contributed by atoms with E-state index in [-0.39, 0.29) is 21.6 Å². The minimum Gasteiger partial charge on any atom is -0.465 e. The van der Waals surface area contributed by atoms with Crippen LogP contribution in [-0.4, -0.2) is 40.8 Å². The maximum absolute atomic E-state index is 12.0. The minimum atomic E-state index is -0.832. The van der Waals surface area contributed by atoms with Gasteiger partial charge in [0, 0.05) is 12.2 Å². The average molecular weight is 422 g/mol. The van der Waals surface area contributed by atoms with Crippen LogP contribution in [-0.2, 0) is 9.47 Å². The van der Waals surface area contributed by atoms with Crippen LogP contribution in [0.5, 0.6) is 0 Å². The zero-order valence-corrected chi connectivity index (χ0v) is 16.5. The zero-order chi connectivity index (χ0) is 19.8. The van der Waals surface area contributed by atoms with Crippen LogP contribution in [0.25, 0.3) is 21.5 Å². The molecule has 1 saturated heterocycles. The average Bonchev–Trinajstić information content (AvgIpc) is 3.28. The summed E-state index contributed by atoms with van der Waals surface area (Å²) in [7, 11) is 1.16. The molecule has 1 aliphatic heterocycles. The van der Waals surface area contributed by atoms with Crippen LogP contribution in [0.15, 0.2) is 24.5 Å². The molecule has 0 N–H and O–H groups in total.